The van der Waals surface area contributed by atoms with Gasteiger partial charge in [0.15, 0.2) is 0 Å². The lowest BCUT2D eigenvalue weighted by atomic mass is 10.1. The van der Waals surface area contributed by atoms with Crippen LogP contribution in [0.3, 0.4) is 0 Å². The molecule has 122 valence electrons. The lowest BCUT2D eigenvalue weighted by molar-refractivity contribution is -0.00239. The van der Waals surface area contributed by atoms with Crippen LogP contribution < -0.4 is 5.32 Å². The third-order valence-electron chi connectivity index (χ3n) is 3.15. The molecule has 0 radical (unpaired) electrons. The molecule has 2 nitrogen and oxygen atoms in total. The van der Waals surface area contributed by atoms with Gasteiger partial charge in [-0.1, -0.05) is 35.3 Å². The molecule has 0 aliphatic rings. The minimum absolute atomic E-state index is 0.138. The van der Waals surface area contributed by atoms with E-state index in [1.165, 1.54) is 23.9 Å². The minimum atomic E-state index is -3.30. The first-order valence-electron chi connectivity index (χ1n) is 6.59. The van der Waals surface area contributed by atoms with Crippen molar-refractivity contribution in [2.24, 2.45) is 0 Å². The first-order valence-corrected chi connectivity index (χ1v) is 8.58. The Balaban J connectivity index is 2.14. The van der Waals surface area contributed by atoms with E-state index in [1.54, 1.807) is 24.3 Å². The van der Waals surface area contributed by atoms with Gasteiger partial charge in [-0.3, -0.25) is 4.79 Å². The third kappa shape index (κ3) is 4.37. The molecule has 0 spiro atoms. The molecule has 7 heteroatoms. The van der Waals surface area contributed by atoms with E-state index in [-0.39, 0.29) is 15.6 Å². The van der Waals surface area contributed by atoms with E-state index >= 15 is 0 Å². The van der Waals surface area contributed by atoms with Crippen molar-refractivity contribution in [1.29, 1.82) is 0 Å². The fourth-order valence-electron chi connectivity index (χ4n) is 2.00. The lowest BCUT2D eigenvalue weighted by Gasteiger charge is -2.19. The maximum atomic E-state index is 14.3. The van der Waals surface area contributed by atoms with Crippen LogP contribution in [0.4, 0.5) is 8.78 Å². The number of carbonyl (C=O) groups excluding carboxylic acids is 1. The van der Waals surface area contributed by atoms with Crippen molar-refractivity contribution in [3.63, 3.8) is 0 Å². The second kappa shape index (κ2) is 7.51. The predicted molar refractivity (Wildman–Crippen MR) is 90.9 cm³/mol. The summed E-state index contributed by atoms with van der Waals surface area (Å²) in [6.45, 7) is -0.851. The number of thioether (sulfide) groups is 1. The monoisotopic (exact) mass is 375 g/mol. The molecule has 0 heterocycles. The molecule has 2 rings (SSSR count). The Morgan fingerprint density at radius 1 is 1.22 bits per heavy atom. The van der Waals surface area contributed by atoms with Crippen molar-refractivity contribution in [1.82, 2.24) is 5.32 Å². The molecule has 1 amide bonds. The van der Waals surface area contributed by atoms with Gasteiger partial charge in [0.25, 0.3) is 11.8 Å². The Morgan fingerprint density at radius 3 is 2.57 bits per heavy atom. The molecule has 2 aromatic carbocycles. The highest BCUT2D eigenvalue weighted by molar-refractivity contribution is 7.98. The van der Waals surface area contributed by atoms with E-state index in [0.717, 1.165) is 11.0 Å². The van der Waals surface area contributed by atoms with E-state index in [4.69, 9.17) is 23.2 Å². The summed E-state index contributed by atoms with van der Waals surface area (Å²) in [5.41, 5.74) is -0.0139. The molecule has 23 heavy (non-hydrogen) atoms. The number of halogens is 4. The van der Waals surface area contributed by atoms with Crippen LogP contribution in [0.15, 0.2) is 47.4 Å². The van der Waals surface area contributed by atoms with Gasteiger partial charge in [-0.2, -0.15) is 8.78 Å². The van der Waals surface area contributed by atoms with E-state index in [9.17, 15) is 13.6 Å². The summed E-state index contributed by atoms with van der Waals surface area (Å²) in [5, 5.41) is 2.39. The summed E-state index contributed by atoms with van der Waals surface area (Å²) < 4.78 is 28.5. The molecule has 2 aromatic rings. The van der Waals surface area contributed by atoms with E-state index in [0.29, 0.717) is 5.56 Å². The van der Waals surface area contributed by atoms with Gasteiger partial charge in [-0.05, 0) is 36.6 Å². The zero-order chi connectivity index (χ0) is 17.0. The Labute approximate surface area is 147 Å². The largest absolute Gasteiger partial charge is 0.346 e. The lowest BCUT2D eigenvalue weighted by Crippen LogP contribution is -2.35. The van der Waals surface area contributed by atoms with Crippen LogP contribution in [-0.2, 0) is 5.92 Å². The number of hydrogen-bond acceptors (Lipinski definition) is 2. The zero-order valence-electron chi connectivity index (χ0n) is 12.1. The Bertz CT molecular complexity index is 725. The number of hydrogen-bond donors (Lipinski definition) is 1. The van der Waals surface area contributed by atoms with Gasteiger partial charge in [-0.25, -0.2) is 0 Å². The van der Waals surface area contributed by atoms with Crippen LogP contribution in [0, 0.1) is 0 Å². The van der Waals surface area contributed by atoms with E-state index < -0.39 is 18.4 Å². The molecule has 0 aliphatic carbocycles. The number of benzene rings is 2. The molecule has 1 N–H and O–H groups in total. The van der Waals surface area contributed by atoms with Crippen molar-refractivity contribution in [2.75, 3.05) is 12.8 Å². The van der Waals surface area contributed by atoms with Crippen LogP contribution in [-0.4, -0.2) is 18.7 Å². The first-order chi connectivity index (χ1) is 10.8. The Hall–Kier alpha value is -1.30. The molecule has 0 saturated heterocycles. The second-order valence-electron chi connectivity index (χ2n) is 4.71. The first kappa shape index (κ1) is 18.0. The van der Waals surface area contributed by atoms with Crippen LogP contribution in [0.5, 0.6) is 0 Å². The summed E-state index contributed by atoms with van der Waals surface area (Å²) in [6.07, 6.45) is 1.81. The summed E-state index contributed by atoms with van der Waals surface area (Å²) in [7, 11) is 0. The summed E-state index contributed by atoms with van der Waals surface area (Å²) >= 11 is 12.9. The molecular formula is C16H13Cl2F2NOS. The number of rotatable bonds is 5. The SMILES string of the molecule is CSc1ccccc1C(=O)NCC(F)(F)c1ccc(Cl)cc1Cl. The average Bonchev–Trinajstić information content (AvgIpc) is 2.52. The maximum absolute atomic E-state index is 14.3. The molecule has 0 bridgehead atoms. The second-order valence-corrected chi connectivity index (χ2v) is 6.40. The smallest absolute Gasteiger partial charge is 0.291 e. The Morgan fingerprint density at radius 2 is 1.91 bits per heavy atom. The number of carbonyl (C=O) groups is 1. The summed E-state index contributed by atoms with van der Waals surface area (Å²) in [5.74, 6) is -3.86. The maximum Gasteiger partial charge on any atom is 0.291 e. The molecule has 0 atom stereocenters. The van der Waals surface area contributed by atoms with Gasteiger partial charge in [0.1, 0.15) is 0 Å². The van der Waals surface area contributed by atoms with Gasteiger partial charge in [0, 0.05) is 15.5 Å². The van der Waals surface area contributed by atoms with E-state index in [1.807, 2.05) is 6.26 Å². The Kier molecular flexibility index (Phi) is 5.89. The molecule has 0 aromatic heterocycles. The molecule has 0 saturated carbocycles. The highest BCUT2D eigenvalue weighted by Crippen LogP contribution is 2.34. The van der Waals surface area contributed by atoms with Crippen LogP contribution in [0.1, 0.15) is 15.9 Å². The molecule has 0 unspecified atom stereocenters. The van der Waals surface area contributed by atoms with Crippen LogP contribution >= 0.6 is 35.0 Å². The van der Waals surface area contributed by atoms with Gasteiger partial charge in [0.05, 0.1) is 17.1 Å². The van der Waals surface area contributed by atoms with Gasteiger partial charge in [-0.15, -0.1) is 11.8 Å². The number of nitrogens with one attached hydrogen (secondary N) is 1. The molecule has 0 aliphatic heterocycles. The van der Waals surface area contributed by atoms with Crippen molar-refractivity contribution >= 4 is 40.9 Å². The molecule has 0 fully saturated rings. The summed E-state index contributed by atoms with van der Waals surface area (Å²) in [6, 6.07) is 10.6. The standard InChI is InChI=1S/C16H13Cl2F2NOS/c1-23-14-5-3-2-4-11(14)15(22)21-9-16(19,20)12-7-6-10(17)8-13(12)18/h2-8H,9H2,1H3,(H,21,22). The fraction of sp³-hybridized carbons (Fsp3) is 0.188. The highest BCUT2D eigenvalue weighted by Gasteiger charge is 2.34. The topological polar surface area (TPSA) is 29.1 Å². The van der Waals surface area contributed by atoms with Gasteiger partial charge < -0.3 is 5.32 Å². The van der Waals surface area contributed by atoms with Crippen molar-refractivity contribution in [3.05, 3.63) is 63.6 Å². The zero-order valence-corrected chi connectivity index (χ0v) is 14.4. The minimum Gasteiger partial charge on any atom is -0.346 e. The van der Waals surface area contributed by atoms with Gasteiger partial charge in [0.2, 0.25) is 0 Å². The quantitative estimate of drug-likeness (QED) is 0.724. The van der Waals surface area contributed by atoms with Crippen LogP contribution in [0.25, 0.3) is 0 Å². The van der Waals surface area contributed by atoms with Crippen molar-refractivity contribution in [3.8, 4) is 0 Å². The van der Waals surface area contributed by atoms with Crippen molar-refractivity contribution in [2.45, 2.75) is 10.8 Å². The van der Waals surface area contributed by atoms with Crippen LogP contribution in [0.2, 0.25) is 10.0 Å². The number of alkyl halides is 2. The predicted octanol–water partition coefficient (Wildman–Crippen LogP) is 5.24. The normalized spacial score (nSPS) is 11.3. The number of amides is 1. The highest BCUT2D eigenvalue weighted by atomic mass is 35.5. The van der Waals surface area contributed by atoms with Gasteiger partial charge >= 0.3 is 0 Å². The fourth-order valence-corrected chi connectivity index (χ4v) is 3.14. The third-order valence-corrected chi connectivity index (χ3v) is 4.49. The average molecular weight is 376 g/mol. The van der Waals surface area contributed by atoms with Crippen molar-refractivity contribution < 1.29 is 13.6 Å². The van der Waals surface area contributed by atoms with E-state index in [2.05, 4.69) is 5.32 Å². The summed E-state index contributed by atoms with van der Waals surface area (Å²) in [4.78, 5) is 12.8. The molecular weight excluding hydrogens is 363 g/mol.